The van der Waals surface area contributed by atoms with E-state index < -0.39 is 11.9 Å². The number of pyridine rings is 1. The number of nitrogens with two attached hydrogens (primary N) is 1. The highest BCUT2D eigenvalue weighted by Gasteiger charge is 2.14. The lowest BCUT2D eigenvalue weighted by Gasteiger charge is -2.09. The van der Waals surface area contributed by atoms with Crippen molar-refractivity contribution < 1.29 is 9.50 Å². The molecule has 0 bridgehead atoms. The largest absolute Gasteiger partial charge is 0.387 e. The molecule has 0 radical (unpaired) electrons. The zero-order valence-corrected chi connectivity index (χ0v) is 7.98. The summed E-state index contributed by atoms with van der Waals surface area (Å²) in [7, 11) is 0. The van der Waals surface area contributed by atoms with Crippen molar-refractivity contribution in [1.29, 1.82) is 0 Å². The lowest BCUT2D eigenvalue weighted by molar-refractivity contribution is 0.186. The van der Waals surface area contributed by atoms with Crippen molar-refractivity contribution in [3.05, 3.63) is 27.8 Å². The molecule has 0 aromatic carbocycles. The van der Waals surface area contributed by atoms with E-state index in [1.807, 2.05) is 0 Å². The van der Waals surface area contributed by atoms with Crippen LogP contribution in [-0.2, 0) is 0 Å². The lowest BCUT2D eigenvalue weighted by Crippen LogP contribution is -2.12. The Labute approximate surface area is 84.3 Å². The number of aliphatic hydroxyl groups excluding tert-OH is 1. The minimum atomic E-state index is -1.02. The average molecular weight is 225 g/mol. The van der Waals surface area contributed by atoms with E-state index in [9.17, 15) is 9.50 Å². The highest BCUT2D eigenvalue weighted by Crippen LogP contribution is 2.24. The smallest absolute Gasteiger partial charge is 0.166 e. The maximum Gasteiger partial charge on any atom is 0.166 e. The van der Waals surface area contributed by atoms with Gasteiger partial charge in [-0.2, -0.15) is 0 Å². The third-order valence-electron chi connectivity index (χ3n) is 1.50. The molecular weight excluding hydrogens is 218 g/mol. The summed E-state index contributed by atoms with van der Waals surface area (Å²) in [6.07, 6.45) is -1.02. The van der Waals surface area contributed by atoms with Gasteiger partial charge in [0.15, 0.2) is 11.0 Å². The summed E-state index contributed by atoms with van der Waals surface area (Å²) in [5.41, 5.74) is 5.31. The lowest BCUT2D eigenvalue weighted by atomic mass is 10.1. The van der Waals surface area contributed by atoms with Gasteiger partial charge in [-0.1, -0.05) is 23.2 Å². The van der Waals surface area contributed by atoms with Gasteiger partial charge < -0.3 is 10.8 Å². The quantitative estimate of drug-likeness (QED) is 0.750. The molecule has 0 amide bonds. The summed E-state index contributed by atoms with van der Waals surface area (Å²) in [5, 5.41) is 8.91. The number of aliphatic hydroxyl groups is 1. The molecule has 72 valence electrons. The summed E-state index contributed by atoms with van der Waals surface area (Å²) < 4.78 is 12.9. The molecule has 0 aliphatic rings. The van der Waals surface area contributed by atoms with Crippen molar-refractivity contribution in [2.75, 3.05) is 6.54 Å². The van der Waals surface area contributed by atoms with Crippen molar-refractivity contribution >= 4 is 23.2 Å². The van der Waals surface area contributed by atoms with Gasteiger partial charge in [-0.15, -0.1) is 0 Å². The van der Waals surface area contributed by atoms with Crippen LogP contribution in [0.4, 0.5) is 4.39 Å². The molecule has 3 nitrogen and oxygen atoms in total. The Morgan fingerprint density at radius 1 is 1.54 bits per heavy atom. The first-order valence-corrected chi connectivity index (χ1v) is 4.21. The van der Waals surface area contributed by atoms with E-state index in [0.29, 0.717) is 0 Å². The van der Waals surface area contributed by atoms with E-state index in [4.69, 9.17) is 28.9 Å². The zero-order chi connectivity index (χ0) is 10.0. The Morgan fingerprint density at radius 2 is 2.15 bits per heavy atom. The van der Waals surface area contributed by atoms with Gasteiger partial charge in [-0.05, 0) is 6.07 Å². The molecule has 1 aromatic heterocycles. The number of rotatable bonds is 2. The first-order chi connectivity index (χ1) is 6.06. The standard InChI is InChI=1S/C7H7Cl2FN2O/c8-6-3(5(13)2-11)1-4(10)7(9)12-6/h1,5,13H,2,11H2/t5-/m1/s1. The van der Waals surface area contributed by atoms with Crippen molar-refractivity contribution in [2.45, 2.75) is 6.10 Å². The number of hydrogen-bond acceptors (Lipinski definition) is 3. The van der Waals surface area contributed by atoms with Gasteiger partial charge in [0, 0.05) is 12.1 Å². The van der Waals surface area contributed by atoms with Gasteiger partial charge in [-0.25, -0.2) is 9.37 Å². The number of nitrogens with zero attached hydrogens (tertiary/aromatic N) is 1. The molecule has 13 heavy (non-hydrogen) atoms. The number of hydrogen-bond donors (Lipinski definition) is 2. The van der Waals surface area contributed by atoms with E-state index in [2.05, 4.69) is 4.98 Å². The number of halogens is 3. The van der Waals surface area contributed by atoms with Crippen LogP contribution in [0.3, 0.4) is 0 Å². The van der Waals surface area contributed by atoms with Crippen LogP contribution in [0, 0.1) is 5.82 Å². The minimum absolute atomic E-state index is 0.0376. The molecular formula is C7H7Cl2FN2O. The maximum atomic E-state index is 12.9. The van der Waals surface area contributed by atoms with E-state index in [1.54, 1.807) is 0 Å². The predicted octanol–water partition coefficient (Wildman–Crippen LogP) is 1.52. The van der Waals surface area contributed by atoms with E-state index >= 15 is 0 Å². The fourth-order valence-electron chi connectivity index (χ4n) is 0.820. The second-order valence-electron chi connectivity index (χ2n) is 2.39. The Bertz CT molecular complexity index is 322. The van der Waals surface area contributed by atoms with Crippen molar-refractivity contribution in [3.63, 3.8) is 0 Å². The summed E-state index contributed by atoms with van der Waals surface area (Å²) in [5.74, 6) is -0.728. The predicted molar refractivity (Wildman–Crippen MR) is 48.2 cm³/mol. The second kappa shape index (κ2) is 4.19. The third kappa shape index (κ3) is 2.28. The van der Waals surface area contributed by atoms with Gasteiger partial charge >= 0.3 is 0 Å². The van der Waals surface area contributed by atoms with Crippen LogP contribution in [0.1, 0.15) is 11.7 Å². The van der Waals surface area contributed by atoms with E-state index in [-0.39, 0.29) is 22.4 Å². The molecule has 3 N–H and O–H groups in total. The fourth-order valence-corrected chi connectivity index (χ4v) is 1.27. The van der Waals surface area contributed by atoms with Crippen LogP contribution in [-0.4, -0.2) is 16.6 Å². The molecule has 1 heterocycles. The van der Waals surface area contributed by atoms with Gasteiger partial charge in [0.05, 0.1) is 6.10 Å². The minimum Gasteiger partial charge on any atom is -0.387 e. The summed E-state index contributed by atoms with van der Waals surface area (Å²) in [4.78, 5) is 3.48. The molecule has 0 saturated heterocycles. The summed E-state index contributed by atoms with van der Waals surface area (Å²) >= 11 is 10.9. The molecule has 1 atom stereocenters. The normalized spacial score (nSPS) is 13.0. The van der Waals surface area contributed by atoms with Crippen LogP contribution in [0.25, 0.3) is 0 Å². The van der Waals surface area contributed by atoms with Crippen LogP contribution >= 0.6 is 23.2 Å². The molecule has 0 unspecified atom stereocenters. The molecule has 0 aliphatic carbocycles. The molecule has 0 fully saturated rings. The van der Waals surface area contributed by atoms with Crippen LogP contribution < -0.4 is 5.73 Å². The Kier molecular flexibility index (Phi) is 3.44. The van der Waals surface area contributed by atoms with Crippen molar-refractivity contribution in [3.8, 4) is 0 Å². The molecule has 1 rings (SSSR count). The van der Waals surface area contributed by atoms with Gasteiger partial charge in [0.1, 0.15) is 5.15 Å². The highest BCUT2D eigenvalue weighted by molar-refractivity contribution is 6.32. The fraction of sp³-hybridized carbons (Fsp3) is 0.286. The van der Waals surface area contributed by atoms with E-state index in [1.165, 1.54) is 0 Å². The van der Waals surface area contributed by atoms with Gasteiger partial charge in [0.2, 0.25) is 0 Å². The molecule has 6 heteroatoms. The first-order valence-electron chi connectivity index (χ1n) is 3.45. The van der Waals surface area contributed by atoms with Crippen LogP contribution in [0.15, 0.2) is 6.07 Å². The second-order valence-corrected chi connectivity index (χ2v) is 3.11. The Hall–Kier alpha value is -0.420. The monoisotopic (exact) mass is 224 g/mol. The first kappa shape index (κ1) is 10.7. The maximum absolute atomic E-state index is 12.9. The summed E-state index contributed by atoms with van der Waals surface area (Å²) in [6, 6.07) is 1.02. The van der Waals surface area contributed by atoms with Crippen molar-refractivity contribution in [2.24, 2.45) is 5.73 Å². The Balaban J connectivity index is 3.15. The molecule has 0 spiro atoms. The molecule has 0 saturated carbocycles. The Morgan fingerprint density at radius 3 is 2.69 bits per heavy atom. The van der Waals surface area contributed by atoms with Crippen LogP contribution in [0.5, 0.6) is 0 Å². The van der Waals surface area contributed by atoms with Gasteiger partial charge in [0.25, 0.3) is 0 Å². The van der Waals surface area contributed by atoms with Crippen molar-refractivity contribution in [1.82, 2.24) is 4.98 Å². The SMILES string of the molecule is NC[C@@H](O)c1cc(F)c(Cl)nc1Cl. The third-order valence-corrected chi connectivity index (χ3v) is 2.06. The zero-order valence-electron chi connectivity index (χ0n) is 6.47. The van der Waals surface area contributed by atoms with E-state index in [0.717, 1.165) is 6.07 Å². The number of aromatic nitrogens is 1. The average Bonchev–Trinajstić information content (AvgIpc) is 2.10. The summed E-state index contributed by atoms with van der Waals surface area (Å²) in [6.45, 7) is -0.0531. The van der Waals surface area contributed by atoms with Crippen LogP contribution in [0.2, 0.25) is 10.3 Å². The molecule has 0 aliphatic heterocycles. The highest BCUT2D eigenvalue weighted by atomic mass is 35.5. The topological polar surface area (TPSA) is 59.1 Å². The molecule has 1 aromatic rings. The van der Waals surface area contributed by atoms with Gasteiger partial charge in [-0.3, -0.25) is 0 Å².